The molecule has 0 bridgehead atoms. The van der Waals surface area contributed by atoms with Crippen LogP contribution in [0.5, 0.6) is 5.75 Å². The number of thiazole rings is 1. The molecule has 1 N–H and O–H groups in total. The SMILES string of the molecule is Cc1ccc(OCc2nc(CC(=O)Nc3cc(C)nn3C)cs2)cc1. The van der Waals surface area contributed by atoms with Gasteiger partial charge in [-0.25, -0.2) is 4.98 Å². The van der Waals surface area contributed by atoms with E-state index in [0.717, 1.165) is 22.1 Å². The van der Waals surface area contributed by atoms with Crippen molar-refractivity contribution in [1.29, 1.82) is 0 Å². The molecule has 2 heterocycles. The average molecular weight is 356 g/mol. The highest BCUT2D eigenvalue weighted by Gasteiger charge is 2.11. The van der Waals surface area contributed by atoms with Gasteiger partial charge in [-0.05, 0) is 26.0 Å². The van der Waals surface area contributed by atoms with E-state index >= 15 is 0 Å². The van der Waals surface area contributed by atoms with Crippen molar-refractivity contribution in [3.8, 4) is 5.75 Å². The van der Waals surface area contributed by atoms with E-state index in [1.807, 2.05) is 49.6 Å². The highest BCUT2D eigenvalue weighted by atomic mass is 32.1. The van der Waals surface area contributed by atoms with Crippen molar-refractivity contribution in [2.45, 2.75) is 26.9 Å². The quantitative estimate of drug-likeness (QED) is 0.736. The molecule has 0 atom stereocenters. The Morgan fingerprint density at radius 3 is 2.72 bits per heavy atom. The Morgan fingerprint density at radius 1 is 1.28 bits per heavy atom. The molecule has 0 spiro atoms. The molecule has 0 saturated heterocycles. The summed E-state index contributed by atoms with van der Waals surface area (Å²) in [4.78, 5) is 16.6. The first-order valence-corrected chi connectivity index (χ1v) is 8.81. The molecule has 0 unspecified atom stereocenters. The van der Waals surface area contributed by atoms with Crippen LogP contribution in [-0.2, 0) is 24.9 Å². The number of carbonyl (C=O) groups excluding carboxylic acids is 1. The van der Waals surface area contributed by atoms with Gasteiger partial charge >= 0.3 is 0 Å². The number of aromatic nitrogens is 3. The number of nitrogens with one attached hydrogen (secondary N) is 1. The van der Waals surface area contributed by atoms with Crippen molar-refractivity contribution in [2.75, 3.05) is 5.32 Å². The maximum absolute atomic E-state index is 12.1. The van der Waals surface area contributed by atoms with Gasteiger partial charge in [0.2, 0.25) is 5.91 Å². The van der Waals surface area contributed by atoms with Crippen LogP contribution in [0, 0.1) is 13.8 Å². The lowest BCUT2D eigenvalue weighted by Crippen LogP contribution is -2.16. The number of carbonyl (C=O) groups is 1. The molecule has 2 aromatic heterocycles. The topological polar surface area (TPSA) is 69.0 Å². The van der Waals surface area contributed by atoms with E-state index in [1.165, 1.54) is 16.9 Å². The van der Waals surface area contributed by atoms with Crippen molar-refractivity contribution >= 4 is 23.1 Å². The summed E-state index contributed by atoms with van der Waals surface area (Å²) in [5.74, 6) is 1.38. The molecule has 3 rings (SSSR count). The summed E-state index contributed by atoms with van der Waals surface area (Å²) >= 11 is 1.49. The Morgan fingerprint density at radius 2 is 2.04 bits per heavy atom. The van der Waals surface area contributed by atoms with Gasteiger partial charge in [-0.3, -0.25) is 9.48 Å². The van der Waals surface area contributed by atoms with E-state index in [-0.39, 0.29) is 12.3 Å². The molecule has 7 heteroatoms. The Labute approximate surface area is 150 Å². The van der Waals surface area contributed by atoms with Crippen molar-refractivity contribution in [2.24, 2.45) is 7.05 Å². The largest absolute Gasteiger partial charge is 0.486 e. The average Bonchev–Trinajstić information content (AvgIpc) is 3.13. The smallest absolute Gasteiger partial charge is 0.231 e. The molecule has 0 aliphatic rings. The fourth-order valence-electron chi connectivity index (χ4n) is 2.36. The fourth-order valence-corrected chi connectivity index (χ4v) is 3.06. The molecule has 6 nitrogen and oxygen atoms in total. The molecular formula is C18H20N4O2S. The second-order valence-electron chi connectivity index (χ2n) is 5.85. The van der Waals surface area contributed by atoms with Crippen molar-refractivity contribution in [3.63, 3.8) is 0 Å². The van der Waals surface area contributed by atoms with Gasteiger partial charge < -0.3 is 10.1 Å². The van der Waals surface area contributed by atoms with Gasteiger partial charge in [0.15, 0.2) is 0 Å². The molecule has 3 aromatic rings. The molecule has 130 valence electrons. The van der Waals surface area contributed by atoms with Gasteiger partial charge in [-0.2, -0.15) is 5.10 Å². The highest BCUT2D eigenvalue weighted by molar-refractivity contribution is 7.09. The number of ether oxygens (including phenoxy) is 1. The van der Waals surface area contributed by atoms with Crippen LogP contribution in [0.2, 0.25) is 0 Å². The van der Waals surface area contributed by atoms with Crippen LogP contribution in [0.15, 0.2) is 35.7 Å². The number of benzene rings is 1. The number of aryl methyl sites for hydroxylation is 3. The Hall–Kier alpha value is -2.67. The lowest BCUT2D eigenvalue weighted by molar-refractivity contribution is -0.115. The molecule has 0 aliphatic carbocycles. The van der Waals surface area contributed by atoms with Crippen LogP contribution in [0.4, 0.5) is 5.82 Å². The third-order valence-corrected chi connectivity index (χ3v) is 4.46. The van der Waals surface area contributed by atoms with Crippen molar-refractivity contribution < 1.29 is 9.53 Å². The minimum atomic E-state index is -0.112. The van der Waals surface area contributed by atoms with E-state index < -0.39 is 0 Å². The normalized spacial score (nSPS) is 10.7. The fraction of sp³-hybridized carbons (Fsp3) is 0.278. The molecule has 0 saturated carbocycles. The van der Waals surface area contributed by atoms with Crippen LogP contribution in [0.3, 0.4) is 0 Å². The summed E-state index contributed by atoms with van der Waals surface area (Å²) in [7, 11) is 1.80. The van der Waals surface area contributed by atoms with Crippen LogP contribution >= 0.6 is 11.3 Å². The Bertz CT molecular complexity index is 868. The summed E-state index contributed by atoms with van der Waals surface area (Å²) in [6.45, 7) is 4.32. The van der Waals surface area contributed by atoms with E-state index in [4.69, 9.17) is 4.74 Å². The van der Waals surface area contributed by atoms with Gasteiger partial charge in [0.25, 0.3) is 0 Å². The molecule has 0 aliphatic heterocycles. The van der Waals surface area contributed by atoms with Crippen LogP contribution in [0.1, 0.15) is 22.0 Å². The minimum absolute atomic E-state index is 0.112. The number of hydrogen-bond donors (Lipinski definition) is 1. The number of rotatable bonds is 6. The summed E-state index contributed by atoms with van der Waals surface area (Å²) in [5.41, 5.74) is 2.80. The Kier molecular flexibility index (Phi) is 5.14. The van der Waals surface area contributed by atoms with Gasteiger partial charge in [-0.15, -0.1) is 11.3 Å². The maximum atomic E-state index is 12.1. The number of hydrogen-bond acceptors (Lipinski definition) is 5. The van der Waals surface area contributed by atoms with Crippen molar-refractivity contribution in [1.82, 2.24) is 14.8 Å². The summed E-state index contributed by atoms with van der Waals surface area (Å²) in [5, 5.41) is 9.79. The van der Waals surface area contributed by atoms with Gasteiger partial charge in [0.05, 0.1) is 17.8 Å². The standard InChI is InChI=1S/C18H20N4O2S/c1-12-4-6-15(7-5-12)24-10-18-19-14(11-25-18)9-17(23)20-16-8-13(2)21-22(16)3/h4-8,11H,9-10H2,1-3H3,(H,20,23). The van der Waals surface area contributed by atoms with E-state index in [2.05, 4.69) is 15.4 Å². The van der Waals surface area contributed by atoms with E-state index in [1.54, 1.807) is 11.7 Å². The summed E-state index contributed by atoms with van der Waals surface area (Å²) in [6.07, 6.45) is 0.227. The lowest BCUT2D eigenvalue weighted by Gasteiger charge is -2.04. The molecule has 1 amide bonds. The van der Waals surface area contributed by atoms with Gasteiger partial charge in [-0.1, -0.05) is 17.7 Å². The summed E-state index contributed by atoms with van der Waals surface area (Å²) < 4.78 is 7.36. The molecule has 25 heavy (non-hydrogen) atoms. The zero-order valence-electron chi connectivity index (χ0n) is 14.4. The molecule has 0 fully saturated rings. The predicted octanol–water partition coefficient (Wildman–Crippen LogP) is 3.25. The highest BCUT2D eigenvalue weighted by Crippen LogP contribution is 2.17. The molecular weight excluding hydrogens is 336 g/mol. The lowest BCUT2D eigenvalue weighted by atomic mass is 10.2. The Balaban J connectivity index is 1.53. The maximum Gasteiger partial charge on any atom is 0.231 e. The molecule has 0 radical (unpaired) electrons. The third kappa shape index (κ3) is 4.67. The second kappa shape index (κ2) is 7.48. The second-order valence-corrected chi connectivity index (χ2v) is 6.80. The first-order chi connectivity index (χ1) is 12.0. The van der Waals surface area contributed by atoms with Crippen LogP contribution in [-0.4, -0.2) is 20.7 Å². The monoisotopic (exact) mass is 356 g/mol. The zero-order valence-corrected chi connectivity index (χ0v) is 15.3. The molecule has 1 aromatic carbocycles. The van der Waals surface area contributed by atoms with Crippen molar-refractivity contribution in [3.05, 3.63) is 57.7 Å². The van der Waals surface area contributed by atoms with Gasteiger partial charge in [0, 0.05) is 18.5 Å². The minimum Gasteiger partial charge on any atom is -0.486 e. The predicted molar refractivity (Wildman–Crippen MR) is 97.9 cm³/mol. The van der Waals surface area contributed by atoms with Crippen LogP contribution < -0.4 is 10.1 Å². The van der Waals surface area contributed by atoms with E-state index in [0.29, 0.717) is 12.4 Å². The number of anilines is 1. The number of amides is 1. The van der Waals surface area contributed by atoms with Crippen LogP contribution in [0.25, 0.3) is 0 Å². The van der Waals surface area contributed by atoms with Gasteiger partial charge in [0.1, 0.15) is 23.2 Å². The van der Waals surface area contributed by atoms with E-state index in [9.17, 15) is 4.79 Å². The number of nitrogens with zero attached hydrogens (tertiary/aromatic N) is 3. The summed E-state index contributed by atoms with van der Waals surface area (Å²) in [6, 6.07) is 9.72. The first-order valence-electron chi connectivity index (χ1n) is 7.93. The third-order valence-electron chi connectivity index (χ3n) is 3.59. The first kappa shape index (κ1) is 17.2. The zero-order chi connectivity index (χ0) is 17.8.